The maximum absolute atomic E-state index is 12.3. The van der Waals surface area contributed by atoms with Crippen LogP contribution in [0.2, 0.25) is 0 Å². The van der Waals surface area contributed by atoms with Gasteiger partial charge in [0.2, 0.25) is 0 Å². The minimum Gasteiger partial charge on any atom is -0.290 e. The predicted octanol–water partition coefficient (Wildman–Crippen LogP) is 2.14. The van der Waals surface area contributed by atoms with Gasteiger partial charge in [-0.1, -0.05) is 0 Å². The molecule has 0 unspecified atom stereocenters. The molecule has 4 heterocycles. The summed E-state index contributed by atoms with van der Waals surface area (Å²) in [7, 11) is 1.94. The molecule has 0 radical (unpaired) electrons. The highest BCUT2D eigenvalue weighted by molar-refractivity contribution is 7.15. The lowest BCUT2D eigenvalue weighted by Crippen LogP contribution is -2.25. The second-order valence-electron chi connectivity index (χ2n) is 6.16. The summed E-state index contributed by atoms with van der Waals surface area (Å²) in [5, 5.41) is 6.26. The number of aromatic nitrogens is 4. The Morgan fingerprint density at radius 3 is 3.09 bits per heavy atom. The summed E-state index contributed by atoms with van der Waals surface area (Å²) in [6.07, 6.45) is 6.32. The third-order valence-corrected chi connectivity index (χ3v) is 5.41. The van der Waals surface area contributed by atoms with Gasteiger partial charge in [-0.05, 0) is 26.3 Å². The first kappa shape index (κ1) is 14.6. The Balaban J connectivity index is 1.63. The van der Waals surface area contributed by atoms with Gasteiger partial charge in [-0.3, -0.25) is 18.8 Å². The Hall–Kier alpha value is -1.99. The Morgan fingerprint density at radius 1 is 1.43 bits per heavy atom. The largest absolute Gasteiger partial charge is 0.290 e. The van der Waals surface area contributed by atoms with Crippen LogP contribution in [0.15, 0.2) is 28.6 Å². The molecule has 1 saturated heterocycles. The summed E-state index contributed by atoms with van der Waals surface area (Å²) in [5.41, 5.74) is 3.06. The van der Waals surface area contributed by atoms with E-state index in [4.69, 9.17) is 0 Å². The smallest absolute Gasteiger partial charge is 0.259 e. The molecule has 3 aromatic heterocycles. The van der Waals surface area contributed by atoms with Crippen LogP contribution in [0.25, 0.3) is 4.96 Å². The molecular weight excluding hydrogens is 310 g/mol. The highest BCUT2D eigenvalue weighted by Gasteiger charge is 2.27. The Labute approximate surface area is 138 Å². The third-order valence-electron chi connectivity index (χ3n) is 4.47. The average molecular weight is 329 g/mol. The van der Waals surface area contributed by atoms with Crippen molar-refractivity contribution in [1.82, 2.24) is 24.1 Å². The minimum absolute atomic E-state index is 0.0147. The van der Waals surface area contributed by atoms with Crippen molar-refractivity contribution < 1.29 is 0 Å². The van der Waals surface area contributed by atoms with E-state index in [1.807, 2.05) is 30.2 Å². The molecule has 7 heteroatoms. The molecule has 3 aromatic rings. The molecule has 1 aliphatic heterocycles. The van der Waals surface area contributed by atoms with Crippen LogP contribution in [0.4, 0.5) is 0 Å². The first-order valence-corrected chi connectivity index (χ1v) is 8.69. The molecule has 0 aromatic carbocycles. The molecule has 4 rings (SSSR count). The standard InChI is InChI=1S/C16H19N5OS/c1-11-10-23-16-18-13(6-15(22)21(11)16)9-20-5-3-4-14(20)12-7-17-19(2)8-12/h6-8,10,14H,3-5,9H2,1-2H3/t14-/m1/s1. The predicted molar refractivity (Wildman–Crippen MR) is 89.7 cm³/mol. The number of thiazole rings is 1. The van der Waals surface area contributed by atoms with E-state index in [9.17, 15) is 4.79 Å². The second kappa shape index (κ2) is 5.58. The maximum atomic E-state index is 12.3. The van der Waals surface area contributed by atoms with Gasteiger partial charge in [0, 0.05) is 48.5 Å². The van der Waals surface area contributed by atoms with E-state index in [0.717, 1.165) is 29.3 Å². The SMILES string of the molecule is Cc1csc2nc(CN3CCC[C@@H]3c3cnn(C)c3)cc(=O)n12. The molecule has 0 amide bonds. The Kier molecular flexibility index (Phi) is 3.54. The van der Waals surface area contributed by atoms with Gasteiger partial charge >= 0.3 is 0 Å². The van der Waals surface area contributed by atoms with Crippen LogP contribution in [0.1, 0.15) is 35.8 Å². The fraction of sp³-hybridized carbons (Fsp3) is 0.438. The molecule has 120 valence electrons. The van der Waals surface area contributed by atoms with Crippen molar-refractivity contribution in [3.63, 3.8) is 0 Å². The van der Waals surface area contributed by atoms with E-state index < -0.39 is 0 Å². The zero-order valence-electron chi connectivity index (χ0n) is 13.3. The molecular formula is C16H19N5OS. The van der Waals surface area contributed by atoms with Gasteiger partial charge in [-0.25, -0.2) is 4.98 Å². The Morgan fingerprint density at radius 2 is 2.30 bits per heavy atom. The number of fused-ring (bicyclic) bond motifs is 1. The van der Waals surface area contributed by atoms with Crippen molar-refractivity contribution in [3.8, 4) is 0 Å². The van der Waals surface area contributed by atoms with E-state index in [-0.39, 0.29) is 5.56 Å². The van der Waals surface area contributed by atoms with E-state index in [2.05, 4.69) is 21.2 Å². The van der Waals surface area contributed by atoms with Crippen molar-refractivity contribution >= 4 is 16.3 Å². The third kappa shape index (κ3) is 2.60. The Bertz CT molecular complexity index is 909. The van der Waals surface area contributed by atoms with Crippen LogP contribution in [-0.2, 0) is 13.6 Å². The quantitative estimate of drug-likeness (QED) is 0.739. The summed E-state index contributed by atoms with van der Waals surface area (Å²) >= 11 is 1.52. The summed E-state index contributed by atoms with van der Waals surface area (Å²) in [6, 6.07) is 2.04. The summed E-state index contributed by atoms with van der Waals surface area (Å²) in [6.45, 7) is 3.68. The van der Waals surface area contributed by atoms with Crippen LogP contribution < -0.4 is 5.56 Å². The summed E-state index contributed by atoms with van der Waals surface area (Å²) < 4.78 is 3.52. The second-order valence-corrected chi connectivity index (χ2v) is 6.99. The molecule has 1 atom stereocenters. The van der Waals surface area contributed by atoms with Crippen molar-refractivity contribution in [1.29, 1.82) is 0 Å². The van der Waals surface area contributed by atoms with Crippen LogP contribution >= 0.6 is 11.3 Å². The van der Waals surface area contributed by atoms with Crippen molar-refractivity contribution in [2.75, 3.05) is 6.54 Å². The normalized spacial score (nSPS) is 19.0. The van der Waals surface area contributed by atoms with E-state index >= 15 is 0 Å². The maximum Gasteiger partial charge on any atom is 0.259 e. The first-order valence-electron chi connectivity index (χ1n) is 7.81. The number of hydrogen-bond donors (Lipinski definition) is 0. The van der Waals surface area contributed by atoms with Gasteiger partial charge in [0.05, 0.1) is 11.9 Å². The van der Waals surface area contributed by atoms with E-state index in [1.165, 1.54) is 23.3 Å². The van der Waals surface area contributed by atoms with Crippen molar-refractivity contribution in [2.24, 2.45) is 7.05 Å². The lowest BCUT2D eigenvalue weighted by Gasteiger charge is -2.23. The van der Waals surface area contributed by atoms with Crippen LogP contribution in [0.5, 0.6) is 0 Å². The van der Waals surface area contributed by atoms with Crippen LogP contribution in [-0.4, -0.2) is 30.6 Å². The molecule has 0 spiro atoms. The van der Waals surface area contributed by atoms with E-state index in [0.29, 0.717) is 12.6 Å². The molecule has 0 saturated carbocycles. The molecule has 0 N–H and O–H groups in total. The average Bonchev–Trinajstić information content (AvgIpc) is 3.20. The number of aryl methyl sites for hydroxylation is 2. The lowest BCUT2D eigenvalue weighted by molar-refractivity contribution is 0.245. The van der Waals surface area contributed by atoms with Gasteiger partial charge in [0.1, 0.15) is 0 Å². The number of hydrogen-bond acceptors (Lipinski definition) is 5. The monoisotopic (exact) mass is 329 g/mol. The van der Waals surface area contributed by atoms with E-state index in [1.54, 1.807) is 10.5 Å². The molecule has 1 fully saturated rings. The highest BCUT2D eigenvalue weighted by atomic mass is 32.1. The van der Waals surface area contributed by atoms with Gasteiger partial charge < -0.3 is 0 Å². The number of likely N-dealkylation sites (tertiary alicyclic amines) is 1. The van der Waals surface area contributed by atoms with Gasteiger partial charge in [0.15, 0.2) is 4.96 Å². The molecule has 1 aliphatic rings. The lowest BCUT2D eigenvalue weighted by atomic mass is 10.1. The first-order chi connectivity index (χ1) is 11.1. The number of rotatable bonds is 3. The highest BCUT2D eigenvalue weighted by Crippen LogP contribution is 2.32. The topological polar surface area (TPSA) is 55.4 Å². The minimum atomic E-state index is 0.0147. The molecule has 0 aliphatic carbocycles. The summed E-state index contributed by atoms with van der Waals surface area (Å²) in [5.74, 6) is 0. The number of nitrogens with zero attached hydrogens (tertiary/aromatic N) is 5. The van der Waals surface area contributed by atoms with Gasteiger partial charge in [0.25, 0.3) is 5.56 Å². The van der Waals surface area contributed by atoms with Crippen molar-refractivity contribution in [2.45, 2.75) is 32.4 Å². The molecule has 0 bridgehead atoms. The zero-order chi connectivity index (χ0) is 16.0. The molecule has 6 nitrogen and oxygen atoms in total. The van der Waals surface area contributed by atoms with Gasteiger partial charge in [-0.15, -0.1) is 11.3 Å². The van der Waals surface area contributed by atoms with Gasteiger partial charge in [-0.2, -0.15) is 5.10 Å². The zero-order valence-corrected chi connectivity index (χ0v) is 14.1. The molecule has 23 heavy (non-hydrogen) atoms. The fourth-order valence-electron chi connectivity index (χ4n) is 3.40. The van der Waals surface area contributed by atoms with Crippen molar-refractivity contribution in [3.05, 3.63) is 51.1 Å². The van der Waals surface area contributed by atoms with Crippen LogP contribution in [0, 0.1) is 6.92 Å². The fourth-order valence-corrected chi connectivity index (χ4v) is 4.29. The van der Waals surface area contributed by atoms with Crippen LogP contribution in [0.3, 0.4) is 0 Å². The summed E-state index contributed by atoms with van der Waals surface area (Å²) in [4.78, 5) is 20.2.